The van der Waals surface area contributed by atoms with E-state index in [1.807, 2.05) is 0 Å². The lowest BCUT2D eigenvalue weighted by Gasteiger charge is -2.14. The van der Waals surface area contributed by atoms with Gasteiger partial charge in [0.2, 0.25) is 0 Å². The normalized spacial score (nSPS) is 11.2. The molecule has 2 aromatic carbocycles. The van der Waals surface area contributed by atoms with E-state index in [1.54, 1.807) is 77.9 Å². The van der Waals surface area contributed by atoms with Crippen LogP contribution >= 0.6 is 0 Å². The molecule has 0 aromatic heterocycles. The largest absolute Gasteiger partial charge is 0.457 e. The number of benzene rings is 2. The molecule has 0 saturated heterocycles. The van der Waals surface area contributed by atoms with Gasteiger partial charge in [-0.15, -0.1) is 0 Å². The summed E-state index contributed by atoms with van der Waals surface area (Å²) in [5.74, 6) is -0.616. The van der Waals surface area contributed by atoms with Crippen molar-refractivity contribution < 1.29 is 23.9 Å². The number of hydrogen-bond acceptors (Lipinski definition) is 5. The molecule has 5 nitrogen and oxygen atoms in total. The van der Waals surface area contributed by atoms with Crippen LogP contribution in [-0.4, -0.2) is 23.1 Å². The second-order valence-corrected chi connectivity index (χ2v) is 8.71. The predicted octanol–water partition coefficient (Wildman–Crippen LogP) is 6.20. The van der Waals surface area contributed by atoms with Crippen molar-refractivity contribution in [3.05, 3.63) is 58.7 Å². The second-order valence-electron chi connectivity index (χ2n) is 8.71. The van der Waals surface area contributed by atoms with Gasteiger partial charge in [0.25, 0.3) is 0 Å². The van der Waals surface area contributed by atoms with Crippen LogP contribution in [0, 0.1) is 17.8 Å². The minimum Gasteiger partial charge on any atom is -0.457 e. The number of Topliss-reactive ketones (excluding diaryl/α,β-unsaturated/α-hetero) is 4. The Balaban J connectivity index is 2.58. The topological polar surface area (TPSA) is 77.5 Å². The fourth-order valence-corrected chi connectivity index (χ4v) is 3.08. The maximum atomic E-state index is 12.6. The maximum absolute atomic E-state index is 12.6. The Morgan fingerprint density at radius 3 is 1.13 bits per heavy atom. The van der Waals surface area contributed by atoms with Gasteiger partial charge >= 0.3 is 0 Å². The molecule has 0 heterocycles. The van der Waals surface area contributed by atoms with E-state index in [1.165, 1.54) is 6.92 Å². The van der Waals surface area contributed by atoms with Crippen LogP contribution in [0.4, 0.5) is 0 Å². The van der Waals surface area contributed by atoms with Gasteiger partial charge in [0.15, 0.2) is 23.1 Å². The molecule has 0 radical (unpaired) electrons. The fraction of sp³-hybridized carbons (Fsp3) is 0.385. The lowest BCUT2D eigenvalue weighted by Crippen LogP contribution is -2.12. The van der Waals surface area contributed by atoms with Gasteiger partial charge in [-0.05, 0) is 43.3 Å². The first-order chi connectivity index (χ1) is 14.4. The molecule has 0 N–H and O–H groups in total. The molecular formula is C26H30O5. The highest BCUT2D eigenvalue weighted by atomic mass is 16.5. The molecule has 0 bridgehead atoms. The highest BCUT2D eigenvalue weighted by Crippen LogP contribution is 2.29. The number of carbonyl (C=O) groups is 4. The molecule has 0 atom stereocenters. The van der Waals surface area contributed by atoms with Gasteiger partial charge < -0.3 is 4.74 Å². The Bertz CT molecular complexity index is 990. The van der Waals surface area contributed by atoms with E-state index in [-0.39, 0.29) is 40.9 Å². The van der Waals surface area contributed by atoms with Crippen molar-refractivity contribution in [1.82, 2.24) is 0 Å². The van der Waals surface area contributed by atoms with Crippen molar-refractivity contribution in [1.29, 1.82) is 0 Å². The van der Waals surface area contributed by atoms with E-state index in [9.17, 15) is 19.2 Å². The van der Waals surface area contributed by atoms with Crippen LogP contribution < -0.4 is 4.74 Å². The molecular weight excluding hydrogens is 392 g/mol. The highest BCUT2D eigenvalue weighted by molar-refractivity contribution is 6.03. The molecule has 0 aliphatic heterocycles. The van der Waals surface area contributed by atoms with Crippen LogP contribution in [0.5, 0.6) is 11.5 Å². The summed E-state index contributed by atoms with van der Waals surface area (Å²) in [5.41, 5.74) is 1.51. The van der Waals surface area contributed by atoms with E-state index in [0.717, 1.165) is 0 Å². The fourth-order valence-electron chi connectivity index (χ4n) is 3.08. The van der Waals surface area contributed by atoms with Gasteiger partial charge in [-0.25, -0.2) is 0 Å². The number of ketones is 4. The molecule has 2 rings (SSSR count). The Morgan fingerprint density at radius 2 is 0.839 bits per heavy atom. The summed E-state index contributed by atoms with van der Waals surface area (Å²) < 4.78 is 5.97. The van der Waals surface area contributed by atoms with Crippen molar-refractivity contribution in [3.8, 4) is 11.5 Å². The molecule has 0 spiro atoms. The number of carbonyl (C=O) groups excluding carboxylic acids is 4. The molecule has 0 aliphatic rings. The maximum Gasteiger partial charge on any atom is 0.165 e. The van der Waals surface area contributed by atoms with E-state index in [0.29, 0.717) is 33.8 Å². The zero-order chi connectivity index (χ0) is 23.5. The zero-order valence-electron chi connectivity index (χ0n) is 19.2. The summed E-state index contributed by atoms with van der Waals surface area (Å²) in [5, 5.41) is 0. The molecule has 0 aliphatic carbocycles. The Kier molecular flexibility index (Phi) is 7.66. The van der Waals surface area contributed by atoms with E-state index < -0.39 is 0 Å². The average molecular weight is 423 g/mol. The summed E-state index contributed by atoms with van der Waals surface area (Å²) in [4.78, 5) is 49.7. The highest BCUT2D eigenvalue weighted by Gasteiger charge is 2.19. The molecule has 164 valence electrons. The third-order valence-electron chi connectivity index (χ3n) is 4.88. The minimum absolute atomic E-state index is 0.101. The standard InChI is InChI=1S/C26H30O5/c1-14(2)24(28)19-8-18(17(7)27)10-22(11-19)31-23-12-20(25(29)15(3)4)9-21(13-23)26(30)16(5)6/h8-16H,1-7H3. The third-order valence-corrected chi connectivity index (χ3v) is 4.88. The van der Waals surface area contributed by atoms with Crippen LogP contribution in [0.3, 0.4) is 0 Å². The summed E-state index contributed by atoms with van der Waals surface area (Å²) >= 11 is 0. The Morgan fingerprint density at radius 1 is 0.548 bits per heavy atom. The molecule has 2 aromatic rings. The first kappa shape index (κ1) is 24.2. The van der Waals surface area contributed by atoms with Crippen molar-refractivity contribution >= 4 is 23.1 Å². The van der Waals surface area contributed by atoms with Crippen LogP contribution in [0.25, 0.3) is 0 Å². The summed E-state index contributed by atoms with van der Waals surface area (Å²) in [6, 6.07) is 9.46. The third kappa shape index (κ3) is 5.97. The van der Waals surface area contributed by atoms with Gasteiger partial charge in [0.05, 0.1) is 0 Å². The van der Waals surface area contributed by atoms with Crippen molar-refractivity contribution in [2.75, 3.05) is 0 Å². The minimum atomic E-state index is -0.242. The van der Waals surface area contributed by atoms with Crippen LogP contribution in [0.15, 0.2) is 36.4 Å². The van der Waals surface area contributed by atoms with Crippen molar-refractivity contribution in [3.63, 3.8) is 0 Å². The summed E-state index contributed by atoms with van der Waals surface area (Å²) in [6.45, 7) is 12.2. The van der Waals surface area contributed by atoms with Crippen LogP contribution in [0.2, 0.25) is 0 Å². The number of ether oxygens (including phenoxy) is 1. The second kappa shape index (κ2) is 9.82. The van der Waals surface area contributed by atoms with Crippen molar-refractivity contribution in [2.45, 2.75) is 48.5 Å². The quantitative estimate of drug-likeness (QED) is 0.450. The number of hydrogen-bond donors (Lipinski definition) is 0. The lowest BCUT2D eigenvalue weighted by atomic mass is 9.94. The smallest absolute Gasteiger partial charge is 0.165 e. The molecule has 0 saturated carbocycles. The van der Waals surface area contributed by atoms with E-state index >= 15 is 0 Å². The van der Waals surface area contributed by atoms with Gasteiger partial charge in [0.1, 0.15) is 11.5 Å². The summed E-state index contributed by atoms with van der Waals surface area (Å²) in [6.07, 6.45) is 0. The van der Waals surface area contributed by atoms with Gasteiger partial charge in [0, 0.05) is 40.0 Å². The number of rotatable bonds is 9. The lowest BCUT2D eigenvalue weighted by molar-refractivity contribution is 0.0928. The monoisotopic (exact) mass is 422 g/mol. The first-order valence-corrected chi connectivity index (χ1v) is 10.5. The Labute approximate surface area is 183 Å². The van der Waals surface area contributed by atoms with Crippen LogP contribution in [-0.2, 0) is 0 Å². The molecule has 31 heavy (non-hydrogen) atoms. The van der Waals surface area contributed by atoms with Gasteiger partial charge in [-0.3, -0.25) is 19.2 Å². The molecule has 0 unspecified atom stereocenters. The molecule has 0 amide bonds. The Hall–Kier alpha value is -3.08. The van der Waals surface area contributed by atoms with Gasteiger partial charge in [-0.2, -0.15) is 0 Å². The average Bonchev–Trinajstić information content (AvgIpc) is 2.71. The first-order valence-electron chi connectivity index (χ1n) is 10.5. The van der Waals surface area contributed by atoms with Crippen molar-refractivity contribution in [2.24, 2.45) is 17.8 Å². The zero-order valence-corrected chi connectivity index (χ0v) is 19.2. The van der Waals surface area contributed by atoms with E-state index in [4.69, 9.17) is 4.74 Å². The molecule has 0 fully saturated rings. The summed E-state index contributed by atoms with van der Waals surface area (Å²) in [7, 11) is 0. The van der Waals surface area contributed by atoms with Crippen LogP contribution in [0.1, 0.15) is 89.9 Å². The molecule has 5 heteroatoms. The van der Waals surface area contributed by atoms with E-state index in [2.05, 4.69) is 0 Å². The predicted molar refractivity (Wildman–Crippen MR) is 120 cm³/mol. The SMILES string of the molecule is CC(=O)c1cc(Oc2cc(C(=O)C(C)C)cc(C(=O)C(C)C)c2)cc(C(=O)C(C)C)c1. The van der Waals surface area contributed by atoms with Gasteiger partial charge in [-0.1, -0.05) is 41.5 Å².